The van der Waals surface area contributed by atoms with Crippen molar-refractivity contribution in [2.24, 2.45) is 5.92 Å². The number of hydrogen-bond acceptors (Lipinski definition) is 3. The molecule has 5 rings (SSSR count). The van der Waals surface area contributed by atoms with Gasteiger partial charge in [0, 0.05) is 22.2 Å². The van der Waals surface area contributed by atoms with E-state index in [4.69, 9.17) is 27.9 Å². The number of methoxy groups -OCH3 is 1. The number of benzene rings is 3. The van der Waals surface area contributed by atoms with E-state index in [1.165, 1.54) is 11.1 Å². The SMILES string of the molecule is COc1cccc([C@@H]2Cc3ccccc3[C@@]23CC[C@H](C(=O)O)C(Nc2cccc(Cl)c2)C3)c1Cl. The minimum atomic E-state index is -0.767. The minimum Gasteiger partial charge on any atom is -0.495 e. The van der Waals surface area contributed by atoms with Gasteiger partial charge in [0.1, 0.15) is 5.75 Å². The molecule has 0 aliphatic heterocycles. The molecule has 6 heteroatoms. The molecule has 1 saturated carbocycles. The third-order valence-electron chi connectivity index (χ3n) is 7.70. The number of rotatable bonds is 5. The van der Waals surface area contributed by atoms with Gasteiger partial charge in [0.2, 0.25) is 0 Å². The van der Waals surface area contributed by atoms with Crippen LogP contribution >= 0.6 is 23.2 Å². The second-order valence-corrected chi connectivity index (χ2v) is 10.2. The Morgan fingerprint density at radius 3 is 2.65 bits per heavy atom. The molecule has 1 spiro atoms. The summed E-state index contributed by atoms with van der Waals surface area (Å²) in [5, 5.41) is 14.8. The first kappa shape index (κ1) is 23.1. The molecule has 0 saturated heterocycles. The fourth-order valence-corrected chi connectivity index (χ4v) is 6.73. The number of fused-ring (bicyclic) bond motifs is 2. The van der Waals surface area contributed by atoms with Crippen LogP contribution in [0.4, 0.5) is 5.69 Å². The highest BCUT2D eigenvalue weighted by Gasteiger charge is 2.53. The van der Waals surface area contributed by atoms with Crippen LogP contribution in [0.5, 0.6) is 5.75 Å². The van der Waals surface area contributed by atoms with E-state index >= 15 is 0 Å². The van der Waals surface area contributed by atoms with Gasteiger partial charge in [-0.1, -0.05) is 65.7 Å². The highest BCUT2D eigenvalue weighted by atomic mass is 35.5. The maximum Gasteiger partial charge on any atom is 0.308 e. The van der Waals surface area contributed by atoms with Crippen molar-refractivity contribution in [3.05, 3.63) is 93.5 Å². The third-order valence-corrected chi connectivity index (χ3v) is 8.34. The molecular weight excluding hydrogens is 469 g/mol. The lowest BCUT2D eigenvalue weighted by molar-refractivity contribution is -0.143. The van der Waals surface area contributed by atoms with Crippen molar-refractivity contribution < 1.29 is 14.6 Å². The van der Waals surface area contributed by atoms with Gasteiger partial charge in [-0.3, -0.25) is 4.79 Å². The third kappa shape index (κ3) is 3.93. The van der Waals surface area contributed by atoms with Gasteiger partial charge < -0.3 is 15.2 Å². The topological polar surface area (TPSA) is 58.6 Å². The van der Waals surface area contributed by atoms with Crippen molar-refractivity contribution in [2.45, 2.75) is 43.1 Å². The van der Waals surface area contributed by atoms with E-state index in [1.807, 2.05) is 36.4 Å². The molecule has 4 atom stereocenters. The number of carboxylic acids is 1. The fourth-order valence-electron chi connectivity index (χ4n) is 6.20. The average Bonchev–Trinajstić information content (AvgIpc) is 3.12. The summed E-state index contributed by atoms with van der Waals surface area (Å²) in [5.74, 6) is -0.459. The molecule has 2 N–H and O–H groups in total. The zero-order valence-corrected chi connectivity index (χ0v) is 20.4. The van der Waals surface area contributed by atoms with Crippen molar-refractivity contribution in [1.82, 2.24) is 0 Å². The maximum absolute atomic E-state index is 12.3. The van der Waals surface area contributed by atoms with Crippen molar-refractivity contribution in [3.63, 3.8) is 0 Å². The Hall–Kier alpha value is -2.69. The predicted molar refractivity (Wildman–Crippen MR) is 136 cm³/mol. The van der Waals surface area contributed by atoms with Crippen molar-refractivity contribution >= 4 is 34.9 Å². The summed E-state index contributed by atoms with van der Waals surface area (Å²) >= 11 is 13.1. The zero-order chi connectivity index (χ0) is 23.9. The number of halogens is 2. The molecular formula is C28H27Cl2NO3. The van der Waals surface area contributed by atoms with Crippen LogP contribution in [0.3, 0.4) is 0 Å². The molecule has 2 aliphatic carbocycles. The predicted octanol–water partition coefficient (Wildman–Crippen LogP) is 6.95. The van der Waals surface area contributed by atoms with E-state index in [-0.39, 0.29) is 17.4 Å². The van der Waals surface area contributed by atoms with Crippen LogP contribution in [-0.4, -0.2) is 24.2 Å². The second kappa shape index (κ2) is 9.16. The summed E-state index contributed by atoms with van der Waals surface area (Å²) in [4.78, 5) is 12.3. The quantitative estimate of drug-likeness (QED) is 0.402. The molecule has 1 unspecified atom stereocenters. The molecule has 0 bridgehead atoms. The number of anilines is 1. The number of hydrogen-bond donors (Lipinski definition) is 2. The van der Waals surface area contributed by atoms with Gasteiger partial charge in [0.05, 0.1) is 18.1 Å². The highest BCUT2D eigenvalue weighted by Crippen LogP contribution is 2.58. The lowest BCUT2D eigenvalue weighted by Crippen LogP contribution is -2.48. The van der Waals surface area contributed by atoms with Crippen LogP contribution in [0.25, 0.3) is 0 Å². The van der Waals surface area contributed by atoms with Gasteiger partial charge in [-0.25, -0.2) is 0 Å². The molecule has 4 nitrogen and oxygen atoms in total. The van der Waals surface area contributed by atoms with Crippen molar-refractivity contribution in [1.29, 1.82) is 0 Å². The van der Waals surface area contributed by atoms with Crippen LogP contribution in [0.2, 0.25) is 10.0 Å². The largest absolute Gasteiger partial charge is 0.495 e. The molecule has 1 fully saturated rings. The summed E-state index contributed by atoms with van der Waals surface area (Å²) in [6.07, 6.45) is 2.92. The Balaban J connectivity index is 1.60. The summed E-state index contributed by atoms with van der Waals surface area (Å²) in [5.41, 5.74) is 4.28. The Labute approximate surface area is 209 Å². The molecule has 0 heterocycles. The number of carboxylic acid groups (broad SMARTS) is 1. The molecule has 3 aromatic rings. The summed E-state index contributed by atoms with van der Waals surface area (Å²) < 4.78 is 5.52. The Bertz CT molecular complexity index is 1230. The fraction of sp³-hybridized carbons (Fsp3) is 0.321. The Kier molecular flexibility index (Phi) is 6.22. The van der Waals surface area contributed by atoms with Crippen LogP contribution in [0, 0.1) is 5.92 Å². The van der Waals surface area contributed by atoms with Gasteiger partial charge in [0.25, 0.3) is 0 Å². The molecule has 3 aromatic carbocycles. The average molecular weight is 496 g/mol. The van der Waals surface area contributed by atoms with E-state index in [2.05, 4.69) is 35.6 Å². The molecule has 176 valence electrons. The van der Waals surface area contributed by atoms with Crippen LogP contribution in [-0.2, 0) is 16.6 Å². The van der Waals surface area contributed by atoms with Crippen LogP contribution < -0.4 is 10.1 Å². The summed E-state index contributed by atoms with van der Waals surface area (Å²) in [7, 11) is 1.63. The van der Waals surface area contributed by atoms with Gasteiger partial charge in [-0.15, -0.1) is 0 Å². The van der Waals surface area contributed by atoms with E-state index in [0.29, 0.717) is 28.6 Å². The molecule has 2 aliphatic rings. The van der Waals surface area contributed by atoms with E-state index in [1.54, 1.807) is 7.11 Å². The maximum atomic E-state index is 12.3. The van der Waals surface area contributed by atoms with Gasteiger partial charge in [-0.2, -0.15) is 0 Å². The molecule has 0 amide bonds. The van der Waals surface area contributed by atoms with Crippen LogP contribution in [0.1, 0.15) is 41.9 Å². The molecule has 0 radical (unpaired) electrons. The first-order chi connectivity index (χ1) is 16.4. The van der Waals surface area contributed by atoms with Crippen LogP contribution in [0.15, 0.2) is 66.7 Å². The van der Waals surface area contributed by atoms with E-state index in [9.17, 15) is 9.90 Å². The monoisotopic (exact) mass is 495 g/mol. The lowest BCUT2D eigenvalue weighted by Gasteiger charge is -2.46. The Morgan fingerprint density at radius 2 is 1.88 bits per heavy atom. The second-order valence-electron chi connectivity index (χ2n) is 9.38. The molecule has 34 heavy (non-hydrogen) atoms. The van der Waals surface area contributed by atoms with Crippen molar-refractivity contribution in [2.75, 3.05) is 12.4 Å². The standard InChI is InChI=1S/C28H27Cl2NO3/c1-34-25-11-5-9-20(26(25)30)23-14-17-6-2-3-10-22(17)28(23)13-12-21(27(32)33)24(16-28)31-19-8-4-7-18(29)15-19/h2-11,15,21,23-24,31H,12-14,16H2,1H3,(H,32,33)/t21-,23-,24?,28-/m0/s1. The Morgan fingerprint density at radius 1 is 1.09 bits per heavy atom. The number of aliphatic carboxylic acids is 1. The zero-order valence-electron chi connectivity index (χ0n) is 18.9. The van der Waals surface area contributed by atoms with E-state index < -0.39 is 11.9 Å². The lowest BCUT2D eigenvalue weighted by atomic mass is 9.60. The van der Waals surface area contributed by atoms with Gasteiger partial charge in [-0.05, 0) is 72.6 Å². The molecule has 0 aromatic heterocycles. The smallest absolute Gasteiger partial charge is 0.308 e. The summed E-state index contributed by atoms with van der Waals surface area (Å²) in [6.45, 7) is 0. The number of nitrogens with one attached hydrogen (secondary N) is 1. The summed E-state index contributed by atoms with van der Waals surface area (Å²) in [6, 6.07) is 21.7. The first-order valence-electron chi connectivity index (χ1n) is 11.6. The van der Waals surface area contributed by atoms with Gasteiger partial charge >= 0.3 is 5.97 Å². The first-order valence-corrected chi connectivity index (χ1v) is 12.3. The number of ether oxygens (including phenoxy) is 1. The van der Waals surface area contributed by atoms with Crippen molar-refractivity contribution in [3.8, 4) is 5.75 Å². The van der Waals surface area contributed by atoms with Gasteiger partial charge in [0.15, 0.2) is 0 Å². The van der Waals surface area contributed by atoms with E-state index in [0.717, 1.165) is 24.1 Å². The normalized spacial score (nSPS) is 25.7. The minimum absolute atomic E-state index is 0.130. The highest BCUT2D eigenvalue weighted by molar-refractivity contribution is 6.33. The number of carbonyl (C=O) groups is 1.